The second-order valence-electron chi connectivity index (χ2n) is 7.38. The Morgan fingerprint density at radius 1 is 0.970 bits per heavy atom. The number of phenolic OH excluding ortho intramolecular Hbond substituents is 1. The maximum Gasteiger partial charge on any atom is 0.327 e. The highest BCUT2D eigenvalue weighted by Gasteiger charge is 2.23. The number of benzene rings is 2. The first-order valence-electron chi connectivity index (χ1n) is 9.99. The van der Waals surface area contributed by atoms with Crippen molar-refractivity contribution in [3.8, 4) is 34.1 Å². The van der Waals surface area contributed by atoms with Crippen LogP contribution >= 0.6 is 0 Å². The van der Waals surface area contributed by atoms with Gasteiger partial charge >= 0.3 is 5.69 Å². The van der Waals surface area contributed by atoms with Crippen LogP contribution in [0.3, 0.4) is 0 Å². The molecule has 10 heteroatoms. The number of fused-ring (bicyclic) bond motifs is 2. The lowest BCUT2D eigenvalue weighted by atomic mass is 9.98. The summed E-state index contributed by atoms with van der Waals surface area (Å²) in [4.78, 5) is 34.5. The minimum atomic E-state index is -0.673. The zero-order valence-electron chi connectivity index (χ0n) is 18.0. The number of aromatic nitrogens is 5. The molecule has 166 valence electrons. The molecule has 2 aromatic carbocycles. The number of para-hydroxylation sites is 1. The Labute approximate surface area is 186 Å². The van der Waals surface area contributed by atoms with Gasteiger partial charge in [0.25, 0.3) is 5.56 Å². The number of aromatic amines is 2. The number of rotatable bonds is 4. The molecule has 3 heterocycles. The third-order valence-electron chi connectivity index (χ3n) is 5.45. The Kier molecular flexibility index (Phi) is 4.63. The lowest BCUT2D eigenvalue weighted by Crippen LogP contribution is -2.23. The first-order chi connectivity index (χ1) is 15.9. The van der Waals surface area contributed by atoms with Gasteiger partial charge in [0.05, 0.1) is 36.4 Å². The molecular formula is C23H19N5O5. The summed E-state index contributed by atoms with van der Waals surface area (Å²) in [6.07, 6.45) is 0. The number of nitrogens with zero attached hydrogens (tertiary/aromatic N) is 3. The van der Waals surface area contributed by atoms with E-state index in [1.807, 2.05) is 37.3 Å². The fraction of sp³-hybridized carbons (Fsp3) is 0.130. The highest BCUT2D eigenvalue weighted by molar-refractivity contribution is 6.09. The van der Waals surface area contributed by atoms with Crippen LogP contribution in [0.5, 0.6) is 17.2 Å². The third kappa shape index (κ3) is 3.11. The number of phenols is 1. The second-order valence-corrected chi connectivity index (χ2v) is 7.38. The van der Waals surface area contributed by atoms with Gasteiger partial charge in [-0.05, 0) is 36.8 Å². The van der Waals surface area contributed by atoms with Crippen molar-refractivity contribution in [3.05, 3.63) is 69.0 Å². The van der Waals surface area contributed by atoms with Gasteiger partial charge in [-0.15, -0.1) is 0 Å². The van der Waals surface area contributed by atoms with Gasteiger partial charge in [-0.25, -0.2) is 14.5 Å². The minimum Gasteiger partial charge on any atom is -0.502 e. The van der Waals surface area contributed by atoms with Crippen LogP contribution in [0.25, 0.3) is 38.9 Å². The molecule has 0 spiro atoms. The van der Waals surface area contributed by atoms with Gasteiger partial charge in [-0.1, -0.05) is 18.2 Å². The highest BCUT2D eigenvalue weighted by atomic mass is 16.5. The van der Waals surface area contributed by atoms with Crippen LogP contribution in [-0.2, 0) is 0 Å². The number of hydrogen-bond donors (Lipinski definition) is 3. The van der Waals surface area contributed by atoms with Crippen molar-refractivity contribution in [1.82, 2.24) is 24.7 Å². The Balaban J connectivity index is 2.01. The molecule has 33 heavy (non-hydrogen) atoms. The molecule has 0 aliphatic heterocycles. The van der Waals surface area contributed by atoms with Gasteiger partial charge in [-0.3, -0.25) is 14.8 Å². The fourth-order valence-electron chi connectivity index (χ4n) is 4.01. The highest BCUT2D eigenvalue weighted by Crippen LogP contribution is 2.43. The van der Waals surface area contributed by atoms with Gasteiger partial charge < -0.3 is 14.6 Å². The van der Waals surface area contributed by atoms with Crippen LogP contribution < -0.4 is 20.7 Å². The zero-order chi connectivity index (χ0) is 23.3. The van der Waals surface area contributed by atoms with Gasteiger partial charge in [0.15, 0.2) is 17.1 Å². The van der Waals surface area contributed by atoms with Crippen LogP contribution in [0.4, 0.5) is 0 Å². The van der Waals surface area contributed by atoms with Gasteiger partial charge in [0.1, 0.15) is 5.65 Å². The number of H-pyrrole nitrogens is 2. The molecule has 0 aliphatic rings. The number of aryl methyl sites for hydroxylation is 1. The summed E-state index contributed by atoms with van der Waals surface area (Å²) < 4.78 is 12.3. The summed E-state index contributed by atoms with van der Waals surface area (Å²) in [7, 11) is 2.84. The van der Waals surface area contributed by atoms with Crippen molar-refractivity contribution in [1.29, 1.82) is 0 Å². The van der Waals surface area contributed by atoms with E-state index in [1.165, 1.54) is 14.2 Å². The summed E-state index contributed by atoms with van der Waals surface area (Å²) in [5.41, 5.74) is 1.67. The smallest absolute Gasteiger partial charge is 0.327 e. The molecule has 5 rings (SSSR count). The standard InChI is InChI=1S/C23H19N5O5/c1-11-16-17(12-9-14(32-2)19(29)15(10-12)33-3)18-20(25-23(31)26-22(18)30)24-21(16)28(27-11)13-7-5-4-6-8-13/h4-10,29H,1-3H3,(H2,24,25,26,30,31). The van der Waals surface area contributed by atoms with Gasteiger partial charge in [0.2, 0.25) is 5.75 Å². The van der Waals surface area contributed by atoms with Crippen molar-refractivity contribution in [2.24, 2.45) is 0 Å². The molecule has 10 nitrogen and oxygen atoms in total. The maximum absolute atomic E-state index is 12.9. The predicted molar refractivity (Wildman–Crippen MR) is 123 cm³/mol. The number of hydrogen-bond acceptors (Lipinski definition) is 7. The number of methoxy groups -OCH3 is 2. The monoisotopic (exact) mass is 445 g/mol. The summed E-state index contributed by atoms with van der Waals surface area (Å²) >= 11 is 0. The van der Waals surface area contributed by atoms with Crippen LogP contribution in [0.15, 0.2) is 52.1 Å². The van der Waals surface area contributed by atoms with E-state index in [-0.39, 0.29) is 28.3 Å². The fourth-order valence-corrected chi connectivity index (χ4v) is 4.01. The zero-order valence-corrected chi connectivity index (χ0v) is 18.0. The topological polar surface area (TPSA) is 135 Å². The second kappa shape index (κ2) is 7.52. The van der Waals surface area contributed by atoms with E-state index in [2.05, 4.69) is 20.1 Å². The molecule has 3 aromatic heterocycles. The Hall–Kier alpha value is -4.60. The number of nitrogens with one attached hydrogen (secondary N) is 2. The molecule has 0 saturated heterocycles. The van der Waals surface area contributed by atoms with E-state index in [4.69, 9.17) is 9.47 Å². The Morgan fingerprint density at radius 2 is 1.64 bits per heavy atom. The van der Waals surface area contributed by atoms with Crippen LogP contribution in [0, 0.1) is 6.92 Å². The quantitative estimate of drug-likeness (QED) is 0.387. The lowest BCUT2D eigenvalue weighted by Gasteiger charge is -2.14. The largest absolute Gasteiger partial charge is 0.502 e. The molecule has 3 N–H and O–H groups in total. The van der Waals surface area contributed by atoms with E-state index in [0.717, 1.165) is 5.69 Å². The summed E-state index contributed by atoms with van der Waals surface area (Å²) in [5.74, 6) is 0.158. The first-order valence-corrected chi connectivity index (χ1v) is 9.99. The Bertz CT molecular complexity index is 1630. The van der Waals surface area contributed by atoms with E-state index in [1.54, 1.807) is 16.8 Å². The number of pyridine rings is 1. The third-order valence-corrected chi connectivity index (χ3v) is 5.45. The average Bonchev–Trinajstić information content (AvgIpc) is 3.14. The van der Waals surface area contributed by atoms with Gasteiger partial charge in [0, 0.05) is 5.56 Å². The molecule has 0 radical (unpaired) electrons. The first kappa shape index (κ1) is 20.3. The van der Waals surface area contributed by atoms with Crippen molar-refractivity contribution < 1.29 is 14.6 Å². The summed E-state index contributed by atoms with van der Waals surface area (Å²) in [6.45, 7) is 1.81. The van der Waals surface area contributed by atoms with Crippen molar-refractivity contribution in [2.45, 2.75) is 6.92 Å². The Morgan fingerprint density at radius 3 is 2.27 bits per heavy atom. The van der Waals surface area contributed by atoms with Crippen molar-refractivity contribution in [2.75, 3.05) is 14.2 Å². The molecule has 0 amide bonds. The SMILES string of the molecule is COc1cc(-c2c3c(C)nn(-c4ccccc4)c3nc3[nH]c(=O)[nH]c(=O)c23)cc(OC)c1O. The summed E-state index contributed by atoms with van der Waals surface area (Å²) in [5, 5.41) is 15.8. The van der Waals surface area contributed by atoms with Crippen molar-refractivity contribution >= 4 is 22.1 Å². The van der Waals surface area contributed by atoms with E-state index in [0.29, 0.717) is 27.9 Å². The van der Waals surface area contributed by atoms with E-state index in [9.17, 15) is 14.7 Å². The molecule has 0 aliphatic carbocycles. The molecule has 5 aromatic rings. The average molecular weight is 445 g/mol. The van der Waals surface area contributed by atoms with Crippen molar-refractivity contribution in [3.63, 3.8) is 0 Å². The maximum atomic E-state index is 12.9. The molecular weight excluding hydrogens is 426 g/mol. The van der Waals surface area contributed by atoms with E-state index < -0.39 is 11.2 Å². The molecule has 0 fully saturated rings. The van der Waals surface area contributed by atoms with E-state index >= 15 is 0 Å². The normalized spacial score (nSPS) is 11.2. The summed E-state index contributed by atoms with van der Waals surface area (Å²) in [6, 6.07) is 12.6. The lowest BCUT2D eigenvalue weighted by molar-refractivity contribution is 0.340. The molecule has 0 unspecified atom stereocenters. The van der Waals surface area contributed by atoms with Crippen LogP contribution in [0.2, 0.25) is 0 Å². The van der Waals surface area contributed by atoms with Crippen LogP contribution in [-0.4, -0.2) is 44.1 Å². The molecule has 0 atom stereocenters. The molecule has 0 bridgehead atoms. The van der Waals surface area contributed by atoms with Gasteiger partial charge in [-0.2, -0.15) is 5.10 Å². The number of aromatic hydroxyl groups is 1. The molecule has 0 saturated carbocycles. The predicted octanol–water partition coefficient (Wildman–Crippen LogP) is 2.65. The minimum absolute atomic E-state index is 0.106. The number of ether oxygens (including phenoxy) is 2. The van der Waals surface area contributed by atoms with Crippen LogP contribution in [0.1, 0.15) is 5.69 Å².